The van der Waals surface area contributed by atoms with Gasteiger partial charge in [-0.15, -0.1) is 0 Å². The fourth-order valence-electron chi connectivity index (χ4n) is 2.54. The molecule has 1 aromatic rings. The lowest BCUT2D eigenvalue weighted by molar-refractivity contribution is -0.119. The number of hydrogen-bond donors (Lipinski definition) is 1. The average molecular weight is 325 g/mol. The summed E-state index contributed by atoms with van der Waals surface area (Å²) in [6.07, 6.45) is 0.697. The van der Waals surface area contributed by atoms with Crippen molar-refractivity contribution >= 4 is 15.7 Å². The third-order valence-electron chi connectivity index (χ3n) is 3.37. The SMILES string of the molecule is Cc1ccc(C[C@H](C)NC(=O)CS(=O)(=O)CC(C)C)c(C)c1. The van der Waals surface area contributed by atoms with E-state index in [0.29, 0.717) is 6.42 Å². The average Bonchev–Trinajstić information content (AvgIpc) is 2.29. The molecule has 0 aliphatic heterocycles. The van der Waals surface area contributed by atoms with Crippen LogP contribution in [0.2, 0.25) is 0 Å². The maximum absolute atomic E-state index is 11.9. The molecule has 0 bridgehead atoms. The van der Waals surface area contributed by atoms with Crippen LogP contribution in [-0.4, -0.2) is 31.9 Å². The summed E-state index contributed by atoms with van der Waals surface area (Å²) < 4.78 is 23.6. The molecule has 1 aromatic carbocycles. The van der Waals surface area contributed by atoms with E-state index in [9.17, 15) is 13.2 Å². The summed E-state index contributed by atoms with van der Waals surface area (Å²) in [7, 11) is -3.32. The molecule has 0 saturated carbocycles. The number of hydrogen-bond acceptors (Lipinski definition) is 3. The smallest absolute Gasteiger partial charge is 0.235 e. The molecule has 0 saturated heterocycles. The van der Waals surface area contributed by atoms with Crippen LogP contribution in [0.25, 0.3) is 0 Å². The summed E-state index contributed by atoms with van der Waals surface area (Å²) in [4.78, 5) is 11.9. The Morgan fingerprint density at radius 3 is 2.36 bits per heavy atom. The Hall–Kier alpha value is -1.36. The number of carbonyl (C=O) groups excluding carboxylic acids is 1. The zero-order valence-electron chi connectivity index (χ0n) is 14.1. The monoisotopic (exact) mass is 325 g/mol. The van der Waals surface area contributed by atoms with E-state index in [-0.39, 0.29) is 17.7 Å². The minimum absolute atomic E-state index is 0.0328. The van der Waals surface area contributed by atoms with Crippen LogP contribution in [0.1, 0.15) is 37.5 Å². The van der Waals surface area contributed by atoms with Gasteiger partial charge in [-0.25, -0.2) is 8.42 Å². The van der Waals surface area contributed by atoms with Gasteiger partial charge in [0.2, 0.25) is 5.91 Å². The third-order valence-corrected chi connectivity index (χ3v) is 5.25. The number of aryl methyl sites for hydroxylation is 2. The van der Waals surface area contributed by atoms with Gasteiger partial charge in [-0.05, 0) is 44.2 Å². The predicted molar refractivity (Wildman–Crippen MR) is 90.7 cm³/mol. The van der Waals surface area contributed by atoms with Crippen LogP contribution < -0.4 is 5.32 Å². The van der Waals surface area contributed by atoms with Crippen LogP contribution in [0.4, 0.5) is 0 Å². The number of benzene rings is 1. The highest BCUT2D eigenvalue weighted by Gasteiger charge is 2.19. The van der Waals surface area contributed by atoms with Crippen molar-refractivity contribution in [3.05, 3.63) is 34.9 Å². The first-order valence-electron chi connectivity index (χ1n) is 7.65. The van der Waals surface area contributed by atoms with E-state index in [0.717, 1.165) is 0 Å². The van der Waals surface area contributed by atoms with Gasteiger partial charge in [-0.2, -0.15) is 0 Å². The first kappa shape index (κ1) is 18.7. The Kier molecular flexibility index (Phi) is 6.60. The van der Waals surface area contributed by atoms with Crippen LogP contribution in [0.5, 0.6) is 0 Å². The summed E-state index contributed by atoms with van der Waals surface area (Å²) in [5.41, 5.74) is 3.56. The van der Waals surface area contributed by atoms with Crippen LogP contribution in [-0.2, 0) is 21.1 Å². The number of rotatable bonds is 7. The van der Waals surface area contributed by atoms with Crippen molar-refractivity contribution < 1.29 is 13.2 Å². The lowest BCUT2D eigenvalue weighted by Gasteiger charge is -2.16. The van der Waals surface area contributed by atoms with E-state index in [1.165, 1.54) is 16.7 Å². The molecule has 4 nitrogen and oxygen atoms in total. The highest BCUT2D eigenvalue weighted by Crippen LogP contribution is 2.12. The molecule has 0 aliphatic carbocycles. The number of amides is 1. The van der Waals surface area contributed by atoms with Gasteiger partial charge in [0, 0.05) is 6.04 Å². The van der Waals surface area contributed by atoms with Crippen molar-refractivity contribution in [3.8, 4) is 0 Å². The maximum Gasteiger partial charge on any atom is 0.235 e. The van der Waals surface area contributed by atoms with E-state index in [2.05, 4.69) is 17.4 Å². The predicted octanol–water partition coefficient (Wildman–Crippen LogP) is 2.42. The van der Waals surface area contributed by atoms with Gasteiger partial charge in [-0.1, -0.05) is 37.6 Å². The Morgan fingerprint density at radius 1 is 1.18 bits per heavy atom. The molecule has 22 heavy (non-hydrogen) atoms. The summed E-state index contributed by atoms with van der Waals surface area (Å²) in [5, 5.41) is 2.78. The van der Waals surface area contributed by atoms with Crippen LogP contribution >= 0.6 is 0 Å². The largest absolute Gasteiger partial charge is 0.352 e. The Bertz CT molecular complexity index is 621. The second-order valence-corrected chi connectivity index (χ2v) is 8.66. The van der Waals surface area contributed by atoms with Crippen LogP contribution in [0.15, 0.2) is 18.2 Å². The van der Waals surface area contributed by atoms with Gasteiger partial charge in [0.15, 0.2) is 9.84 Å². The molecule has 1 rings (SSSR count). The minimum Gasteiger partial charge on any atom is -0.352 e. The minimum atomic E-state index is -3.32. The van der Waals surface area contributed by atoms with Crippen LogP contribution in [0.3, 0.4) is 0 Å². The Morgan fingerprint density at radius 2 is 1.82 bits per heavy atom. The third kappa shape index (κ3) is 6.60. The van der Waals surface area contributed by atoms with Crippen molar-refractivity contribution in [2.24, 2.45) is 5.92 Å². The molecule has 0 heterocycles. The van der Waals surface area contributed by atoms with Gasteiger partial charge >= 0.3 is 0 Å². The van der Waals surface area contributed by atoms with Crippen molar-refractivity contribution in [2.75, 3.05) is 11.5 Å². The lowest BCUT2D eigenvalue weighted by Crippen LogP contribution is -2.38. The molecule has 0 spiro atoms. The molecule has 0 aliphatic rings. The molecule has 1 amide bonds. The molecule has 1 N–H and O–H groups in total. The Labute approximate surface area is 134 Å². The zero-order valence-corrected chi connectivity index (χ0v) is 15.0. The van der Waals surface area contributed by atoms with Crippen molar-refractivity contribution in [1.82, 2.24) is 5.32 Å². The molecule has 0 fully saturated rings. The highest BCUT2D eigenvalue weighted by atomic mass is 32.2. The number of nitrogens with one attached hydrogen (secondary N) is 1. The number of carbonyl (C=O) groups is 1. The first-order valence-corrected chi connectivity index (χ1v) is 9.47. The molecule has 124 valence electrons. The van der Waals surface area contributed by atoms with Gasteiger partial charge in [0.1, 0.15) is 5.75 Å². The lowest BCUT2D eigenvalue weighted by atomic mass is 10.00. The maximum atomic E-state index is 11.9. The second-order valence-electron chi connectivity index (χ2n) is 6.55. The fraction of sp³-hybridized carbons (Fsp3) is 0.588. The normalized spacial score (nSPS) is 13.2. The van der Waals surface area contributed by atoms with Gasteiger partial charge in [0.05, 0.1) is 5.75 Å². The van der Waals surface area contributed by atoms with Crippen molar-refractivity contribution in [2.45, 2.75) is 47.1 Å². The van der Waals surface area contributed by atoms with Gasteiger partial charge in [0.25, 0.3) is 0 Å². The second kappa shape index (κ2) is 7.77. The molecule has 5 heteroatoms. The molecule has 0 radical (unpaired) electrons. The Balaban J connectivity index is 2.57. The molecular formula is C17H27NO3S. The van der Waals surface area contributed by atoms with Crippen molar-refractivity contribution in [3.63, 3.8) is 0 Å². The summed E-state index contributed by atoms with van der Waals surface area (Å²) in [6, 6.07) is 6.12. The molecule has 0 unspecified atom stereocenters. The van der Waals surface area contributed by atoms with E-state index >= 15 is 0 Å². The van der Waals surface area contributed by atoms with Crippen LogP contribution in [0, 0.1) is 19.8 Å². The van der Waals surface area contributed by atoms with E-state index in [4.69, 9.17) is 0 Å². The van der Waals surface area contributed by atoms with Crippen molar-refractivity contribution in [1.29, 1.82) is 0 Å². The van der Waals surface area contributed by atoms with E-state index in [1.807, 2.05) is 40.7 Å². The topological polar surface area (TPSA) is 63.2 Å². The molecule has 0 aromatic heterocycles. The molecular weight excluding hydrogens is 298 g/mol. The first-order chi connectivity index (χ1) is 10.1. The van der Waals surface area contributed by atoms with Gasteiger partial charge < -0.3 is 5.32 Å². The van der Waals surface area contributed by atoms with E-state index < -0.39 is 21.5 Å². The molecule has 1 atom stereocenters. The zero-order chi connectivity index (χ0) is 16.9. The number of sulfone groups is 1. The standard InChI is InChI=1S/C17H27NO3S/c1-12(2)10-22(20,21)11-17(19)18-15(5)9-16-7-6-13(3)8-14(16)4/h6-8,12,15H,9-11H2,1-5H3,(H,18,19)/t15-/m0/s1. The quantitative estimate of drug-likeness (QED) is 0.837. The van der Waals surface area contributed by atoms with Gasteiger partial charge in [-0.3, -0.25) is 4.79 Å². The summed E-state index contributed by atoms with van der Waals surface area (Å²) >= 11 is 0. The highest BCUT2D eigenvalue weighted by molar-refractivity contribution is 7.92. The summed E-state index contributed by atoms with van der Waals surface area (Å²) in [5.74, 6) is -0.766. The fourth-order valence-corrected chi connectivity index (χ4v) is 4.16. The van der Waals surface area contributed by atoms with E-state index in [1.54, 1.807) is 0 Å². The summed E-state index contributed by atoms with van der Waals surface area (Å²) in [6.45, 7) is 9.65.